The molecule has 0 amide bonds. The van der Waals surface area contributed by atoms with Crippen molar-refractivity contribution < 1.29 is 9.47 Å². The van der Waals surface area contributed by atoms with Gasteiger partial charge < -0.3 is 14.8 Å². The predicted octanol–water partition coefficient (Wildman–Crippen LogP) is 3.65. The molecule has 0 atom stereocenters. The molecule has 4 heteroatoms. The van der Waals surface area contributed by atoms with Gasteiger partial charge in [-0.05, 0) is 43.1 Å². The quantitative estimate of drug-likeness (QED) is 0.678. The Kier molecular flexibility index (Phi) is 7.82. The van der Waals surface area contributed by atoms with Crippen molar-refractivity contribution in [3.8, 4) is 11.8 Å². The molecule has 0 unspecified atom stereocenters. The predicted molar refractivity (Wildman–Crippen MR) is 94.7 cm³/mol. The van der Waals surface area contributed by atoms with E-state index in [9.17, 15) is 0 Å². The number of methoxy groups -OCH3 is 1. The number of nitriles is 1. The van der Waals surface area contributed by atoms with Crippen molar-refractivity contribution in [2.75, 3.05) is 20.3 Å². The van der Waals surface area contributed by atoms with Crippen molar-refractivity contribution in [1.82, 2.24) is 5.32 Å². The third kappa shape index (κ3) is 6.04. The first-order chi connectivity index (χ1) is 11.8. The Labute approximate surface area is 144 Å². The Morgan fingerprint density at radius 1 is 1.08 bits per heavy atom. The standard InChI is InChI=1S/C20H24N2O2/c1-23-12-5-4-11-22-15-17-7-6-10-20(13-17)24-16-19-9-3-2-8-18(19)14-21/h2-3,6-10,13,22H,4-5,11-12,15-16H2,1H3. The molecule has 0 saturated carbocycles. The molecular formula is C20H24N2O2. The number of ether oxygens (including phenoxy) is 2. The highest BCUT2D eigenvalue weighted by atomic mass is 16.5. The van der Waals surface area contributed by atoms with Gasteiger partial charge >= 0.3 is 0 Å². The van der Waals surface area contributed by atoms with Gasteiger partial charge in [0.15, 0.2) is 0 Å². The summed E-state index contributed by atoms with van der Waals surface area (Å²) in [6, 6.07) is 17.8. The van der Waals surface area contributed by atoms with Crippen molar-refractivity contribution in [1.29, 1.82) is 5.26 Å². The molecule has 0 aliphatic rings. The lowest BCUT2D eigenvalue weighted by Gasteiger charge is -2.10. The summed E-state index contributed by atoms with van der Waals surface area (Å²) in [5.41, 5.74) is 2.75. The Bertz CT molecular complexity index is 665. The number of nitrogens with one attached hydrogen (secondary N) is 1. The fraction of sp³-hybridized carbons (Fsp3) is 0.350. The summed E-state index contributed by atoms with van der Waals surface area (Å²) >= 11 is 0. The normalized spacial score (nSPS) is 10.3. The lowest BCUT2D eigenvalue weighted by atomic mass is 10.1. The number of unbranched alkanes of at least 4 members (excludes halogenated alkanes) is 1. The number of hydrogen-bond donors (Lipinski definition) is 1. The van der Waals surface area contributed by atoms with Gasteiger partial charge in [-0.15, -0.1) is 0 Å². The lowest BCUT2D eigenvalue weighted by molar-refractivity contribution is 0.192. The molecule has 2 rings (SSSR count). The van der Waals surface area contributed by atoms with E-state index >= 15 is 0 Å². The minimum Gasteiger partial charge on any atom is -0.489 e. The molecule has 0 bridgehead atoms. The van der Waals surface area contributed by atoms with Gasteiger partial charge in [-0.3, -0.25) is 0 Å². The molecule has 2 aromatic rings. The zero-order chi connectivity index (χ0) is 17.0. The molecular weight excluding hydrogens is 300 g/mol. The maximum absolute atomic E-state index is 9.11. The van der Waals surface area contributed by atoms with E-state index in [2.05, 4.69) is 17.5 Å². The second kappa shape index (κ2) is 10.4. The van der Waals surface area contributed by atoms with E-state index in [1.54, 1.807) is 7.11 Å². The number of rotatable bonds is 10. The van der Waals surface area contributed by atoms with Crippen molar-refractivity contribution in [2.24, 2.45) is 0 Å². The smallest absolute Gasteiger partial charge is 0.120 e. The number of hydrogen-bond acceptors (Lipinski definition) is 4. The maximum Gasteiger partial charge on any atom is 0.120 e. The Hall–Kier alpha value is -2.35. The van der Waals surface area contributed by atoms with Crippen molar-refractivity contribution in [2.45, 2.75) is 26.0 Å². The molecule has 0 aromatic heterocycles. The molecule has 4 nitrogen and oxygen atoms in total. The second-order valence-electron chi connectivity index (χ2n) is 5.58. The Morgan fingerprint density at radius 3 is 2.79 bits per heavy atom. The van der Waals surface area contributed by atoms with Gasteiger partial charge in [0.2, 0.25) is 0 Å². The van der Waals surface area contributed by atoms with Crippen LogP contribution in [0.3, 0.4) is 0 Å². The van der Waals surface area contributed by atoms with Gasteiger partial charge in [-0.2, -0.15) is 5.26 Å². The summed E-state index contributed by atoms with van der Waals surface area (Å²) in [7, 11) is 1.73. The van der Waals surface area contributed by atoms with Gasteiger partial charge in [0.05, 0.1) is 11.6 Å². The molecule has 0 radical (unpaired) electrons. The largest absolute Gasteiger partial charge is 0.489 e. The van der Waals surface area contributed by atoms with Gasteiger partial charge in [-0.1, -0.05) is 30.3 Å². The third-order valence-electron chi connectivity index (χ3n) is 3.71. The molecule has 0 spiro atoms. The minimum absolute atomic E-state index is 0.400. The van der Waals surface area contributed by atoms with E-state index in [0.29, 0.717) is 12.2 Å². The third-order valence-corrected chi connectivity index (χ3v) is 3.71. The van der Waals surface area contributed by atoms with Crippen LogP contribution in [-0.2, 0) is 17.9 Å². The first-order valence-electron chi connectivity index (χ1n) is 8.23. The lowest BCUT2D eigenvalue weighted by Crippen LogP contribution is -2.15. The monoisotopic (exact) mass is 324 g/mol. The highest BCUT2D eigenvalue weighted by molar-refractivity contribution is 5.37. The first-order valence-corrected chi connectivity index (χ1v) is 8.23. The van der Waals surface area contributed by atoms with E-state index in [0.717, 1.165) is 43.9 Å². The van der Waals surface area contributed by atoms with Crippen LogP contribution < -0.4 is 10.1 Å². The van der Waals surface area contributed by atoms with Crippen LogP contribution in [0, 0.1) is 11.3 Å². The highest BCUT2D eigenvalue weighted by Crippen LogP contribution is 2.16. The van der Waals surface area contributed by atoms with E-state index in [-0.39, 0.29) is 0 Å². The highest BCUT2D eigenvalue weighted by Gasteiger charge is 2.02. The number of nitrogens with zero attached hydrogens (tertiary/aromatic N) is 1. The Morgan fingerprint density at radius 2 is 1.96 bits per heavy atom. The van der Waals surface area contributed by atoms with Crippen LogP contribution in [0.15, 0.2) is 48.5 Å². The average Bonchev–Trinajstić information content (AvgIpc) is 2.63. The van der Waals surface area contributed by atoms with Crippen LogP contribution in [0.5, 0.6) is 5.75 Å². The molecule has 24 heavy (non-hydrogen) atoms. The van der Waals surface area contributed by atoms with E-state index in [1.807, 2.05) is 42.5 Å². The summed E-state index contributed by atoms with van der Waals surface area (Å²) in [5, 5.41) is 12.5. The maximum atomic E-state index is 9.11. The number of benzene rings is 2. The van der Waals surface area contributed by atoms with E-state index < -0.39 is 0 Å². The summed E-state index contributed by atoms with van der Waals surface area (Å²) < 4.78 is 10.9. The molecule has 0 fully saturated rings. The zero-order valence-corrected chi connectivity index (χ0v) is 14.1. The summed E-state index contributed by atoms with van der Waals surface area (Å²) in [4.78, 5) is 0. The van der Waals surface area contributed by atoms with Crippen LogP contribution in [0.1, 0.15) is 29.5 Å². The van der Waals surface area contributed by atoms with Crippen molar-refractivity contribution in [3.05, 3.63) is 65.2 Å². The fourth-order valence-corrected chi connectivity index (χ4v) is 2.39. The van der Waals surface area contributed by atoms with Crippen LogP contribution in [-0.4, -0.2) is 20.3 Å². The molecule has 0 aliphatic heterocycles. The summed E-state index contributed by atoms with van der Waals surface area (Å²) in [5.74, 6) is 0.821. The van der Waals surface area contributed by atoms with E-state index in [4.69, 9.17) is 14.7 Å². The summed E-state index contributed by atoms with van der Waals surface area (Å²) in [6.45, 7) is 3.01. The molecule has 0 saturated heterocycles. The molecule has 2 aromatic carbocycles. The first kappa shape index (κ1) is 18.0. The summed E-state index contributed by atoms with van der Waals surface area (Å²) in [6.07, 6.45) is 2.18. The fourth-order valence-electron chi connectivity index (χ4n) is 2.39. The molecule has 126 valence electrons. The van der Waals surface area contributed by atoms with Crippen molar-refractivity contribution in [3.63, 3.8) is 0 Å². The van der Waals surface area contributed by atoms with Gasteiger partial charge in [-0.25, -0.2) is 0 Å². The molecule has 0 heterocycles. The van der Waals surface area contributed by atoms with Gasteiger partial charge in [0.25, 0.3) is 0 Å². The second-order valence-corrected chi connectivity index (χ2v) is 5.58. The Balaban J connectivity index is 1.81. The zero-order valence-electron chi connectivity index (χ0n) is 14.1. The SMILES string of the molecule is COCCCCNCc1cccc(OCc2ccccc2C#N)c1. The topological polar surface area (TPSA) is 54.3 Å². The van der Waals surface area contributed by atoms with Crippen LogP contribution in [0.2, 0.25) is 0 Å². The van der Waals surface area contributed by atoms with Crippen LogP contribution in [0.25, 0.3) is 0 Å². The molecule has 0 aliphatic carbocycles. The van der Waals surface area contributed by atoms with Gasteiger partial charge in [0.1, 0.15) is 12.4 Å². The minimum atomic E-state index is 0.400. The van der Waals surface area contributed by atoms with E-state index in [1.165, 1.54) is 5.56 Å². The average molecular weight is 324 g/mol. The van der Waals surface area contributed by atoms with Crippen LogP contribution >= 0.6 is 0 Å². The van der Waals surface area contributed by atoms with Gasteiger partial charge in [0, 0.05) is 25.8 Å². The van der Waals surface area contributed by atoms with Crippen LogP contribution in [0.4, 0.5) is 0 Å². The van der Waals surface area contributed by atoms with Crippen molar-refractivity contribution >= 4 is 0 Å². The molecule has 1 N–H and O–H groups in total.